The maximum Gasteiger partial charge on any atom is 0.147 e. The molecule has 2 heterocycles. The Morgan fingerprint density at radius 2 is 2.31 bits per heavy atom. The van der Waals surface area contributed by atoms with E-state index in [0.717, 1.165) is 31.0 Å². The van der Waals surface area contributed by atoms with Gasteiger partial charge in [0.2, 0.25) is 0 Å². The molecule has 4 heteroatoms. The van der Waals surface area contributed by atoms with Crippen molar-refractivity contribution in [1.82, 2.24) is 9.97 Å². The molecule has 1 fully saturated rings. The zero-order chi connectivity index (χ0) is 9.26. The molecule has 0 amide bonds. The smallest absolute Gasteiger partial charge is 0.147 e. The van der Waals surface area contributed by atoms with E-state index in [2.05, 4.69) is 14.9 Å². The Morgan fingerprint density at radius 3 is 2.85 bits per heavy atom. The molecule has 4 nitrogen and oxygen atoms in total. The molecule has 1 unspecified atom stereocenters. The summed E-state index contributed by atoms with van der Waals surface area (Å²) in [6.45, 7) is 3.84. The maximum absolute atomic E-state index is 5.80. The largest absolute Gasteiger partial charge is 0.354 e. The van der Waals surface area contributed by atoms with Crippen molar-refractivity contribution in [2.45, 2.75) is 19.4 Å². The lowest BCUT2D eigenvalue weighted by molar-refractivity contribution is 0.751. The predicted octanol–water partition coefficient (Wildman–Crippen LogP) is 0.322. The SMILES string of the molecule is Cc1cnc(N2CCC(N)C2)cn1. The van der Waals surface area contributed by atoms with Crippen LogP contribution in [0.3, 0.4) is 0 Å². The van der Waals surface area contributed by atoms with Crippen molar-refractivity contribution in [3.05, 3.63) is 18.1 Å². The van der Waals surface area contributed by atoms with E-state index in [4.69, 9.17) is 5.73 Å². The molecule has 0 aromatic carbocycles. The second-order valence-corrected chi connectivity index (χ2v) is 3.51. The number of hydrogen-bond acceptors (Lipinski definition) is 4. The van der Waals surface area contributed by atoms with Crippen molar-refractivity contribution in [3.8, 4) is 0 Å². The summed E-state index contributed by atoms with van der Waals surface area (Å²) < 4.78 is 0. The van der Waals surface area contributed by atoms with Gasteiger partial charge in [-0.15, -0.1) is 0 Å². The molecule has 1 aromatic rings. The normalized spacial score (nSPS) is 22.3. The zero-order valence-corrected chi connectivity index (χ0v) is 7.77. The van der Waals surface area contributed by atoms with Gasteiger partial charge in [0, 0.05) is 19.1 Å². The third-order valence-electron chi connectivity index (χ3n) is 2.32. The average Bonchev–Trinajstić information content (AvgIpc) is 2.53. The minimum Gasteiger partial charge on any atom is -0.354 e. The highest BCUT2D eigenvalue weighted by Crippen LogP contribution is 2.15. The van der Waals surface area contributed by atoms with Crippen LogP contribution in [0.2, 0.25) is 0 Å². The fourth-order valence-corrected chi connectivity index (χ4v) is 1.54. The monoisotopic (exact) mass is 178 g/mol. The third kappa shape index (κ3) is 1.78. The molecule has 70 valence electrons. The Balaban J connectivity index is 2.13. The molecule has 0 bridgehead atoms. The molecular formula is C9H14N4. The summed E-state index contributed by atoms with van der Waals surface area (Å²) >= 11 is 0. The minimum atomic E-state index is 0.295. The van der Waals surface area contributed by atoms with Crippen LogP contribution in [0.25, 0.3) is 0 Å². The fourth-order valence-electron chi connectivity index (χ4n) is 1.54. The number of hydrogen-bond donors (Lipinski definition) is 1. The van der Waals surface area contributed by atoms with Gasteiger partial charge < -0.3 is 10.6 Å². The number of aryl methyl sites for hydroxylation is 1. The number of rotatable bonds is 1. The lowest BCUT2D eigenvalue weighted by atomic mass is 10.3. The molecule has 0 saturated carbocycles. The lowest BCUT2D eigenvalue weighted by Crippen LogP contribution is -2.26. The van der Waals surface area contributed by atoms with Gasteiger partial charge in [-0.2, -0.15) is 0 Å². The molecule has 1 aromatic heterocycles. The Labute approximate surface area is 77.8 Å². The van der Waals surface area contributed by atoms with Gasteiger partial charge in [-0.25, -0.2) is 4.98 Å². The number of anilines is 1. The van der Waals surface area contributed by atoms with E-state index in [-0.39, 0.29) is 0 Å². The van der Waals surface area contributed by atoms with Crippen LogP contribution in [0.4, 0.5) is 5.82 Å². The third-order valence-corrected chi connectivity index (χ3v) is 2.32. The van der Waals surface area contributed by atoms with Crippen LogP contribution in [-0.4, -0.2) is 29.1 Å². The minimum absolute atomic E-state index is 0.295. The first-order valence-electron chi connectivity index (χ1n) is 4.55. The Bertz CT molecular complexity index is 282. The van der Waals surface area contributed by atoms with Crippen LogP contribution in [0.5, 0.6) is 0 Å². The van der Waals surface area contributed by atoms with Gasteiger partial charge in [0.1, 0.15) is 5.82 Å². The average molecular weight is 178 g/mol. The van der Waals surface area contributed by atoms with E-state index < -0.39 is 0 Å². The van der Waals surface area contributed by atoms with Crippen molar-refractivity contribution < 1.29 is 0 Å². The summed E-state index contributed by atoms with van der Waals surface area (Å²) in [5.41, 5.74) is 6.75. The number of nitrogens with zero attached hydrogens (tertiary/aromatic N) is 3. The van der Waals surface area contributed by atoms with Crippen LogP contribution >= 0.6 is 0 Å². The van der Waals surface area contributed by atoms with Crippen molar-refractivity contribution >= 4 is 5.82 Å². The van der Waals surface area contributed by atoms with Crippen molar-refractivity contribution in [3.63, 3.8) is 0 Å². The van der Waals surface area contributed by atoms with Crippen molar-refractivity contribution in [2.24, 2.45) is 5.73 Å². The van der Waals surface area contributed by atoms with Crippen molar-refractivity contribution in [2.75, 3.05) is 18.0 Å². The van der Waals surface area contributed by atoms with Gasteiger partial charge in [-0.3, -0.25) is 4.98 Å². The summed E-state index contributed by atoms with van der Waals surface area (Å²) in [6.07, 6.45) is 4.65. The van der Waals surface area contributed by atoms with Gasteiger partial charge in [0.15, 0.2) is 0 Å². The summed E-state index contributed by atoms with van der Waals surface area (Å²) in [5.74, 6) is 0.943. The van der Waals surface area contributed by atoms with Gasteiger partial charge >= 0.3 is 0 Å². The zero-order valence-electron chi connectivity index (χ0n) is 7.77. The number of aromatic nitrogens is 2. The molecule has 1 atom stereocenters. The van der Waals surface area contributed by atoms with Gasteiger partial charge in [0.25, 0.3) is 0 Å². The fraction of sp³-hybridized carbons (Fsp3) is 0.556. The molecule has 13 heavy (non-hydrogen) atoms. The van der Waals surface area contributed by atoms with E-state index in [1.807, 2.05) is 13.1 Å². The van der Waals surface area contributed by atoms with Gasteiger partial charge in [-0.05, 0) is 13.3 Å². The highest BCUT2D eigenvalue weighted by atomic mass is 15.2. The molecule has 2 rings (SSSR count). The van der Waals surface area contributed by atoms with Gasteiger partial charge in [-0.1, -0.05) is 0 Å². The first kappa shape index (κ1) is 8.44. The maximum atomic E-state index is 5.80. The Morgan fingerprint density at radius 1 is 1.46 bits per heavy atom. The molecule has 0 spiro atoms. The molecule has 1 saturated heterocycles. The van der Waals surface area contributed by atoms with Crippen molar-refractivity contribution in [1.29, 1.82) is 0 Å². The molecule has 1 aliphatic heterocycles. The molecule has 0 aliphatic carbocycles. The van der Waals surface area contributed by atoms with E-state index >= 15 is 0 Å². The van der Waals surface area contributed by atoms with E-state index in [9.17, 15) is 0 Å². The summed E-state index contributed by atoms with van der Waals surface area (Å²) in [6, 6.07) is 0.295. The first-order chi connectivity index (χ1) is 6.25. The molecular weight excluding hydrogens is 164 g/mol. The van der Waals surface area contributed by atoms with Crippen LogP contribution in [-0.2, 0) is 0 Å². The lowest BCUT2D eigenvalue weighted by Gasteiger charge is -2.15. The van der Waals surface area contributed by atoms with Gasteiger partial charge in [0.05, 0.1) is 18.1 Å². The van der Waals surface area contributed by atoms with Crippen LogP contribution in [0.1, 0.15) is 12.1 Å². The molecule has 1 aliphatic rings. The summed E-state index contributed by atoms with van der Waals surface area (Å²) in [7, 11) is 0. The summed E-state index contributed by atoms with van der Waals surface area (Å²) in [4.78, 5) is 10.7. The van der Waals surface area contributed by atoms with Crippen LogP contribution in [0, 0.1) is 6.92 Å². The molecule has 2 N–H and O–H groups in total. The second kappa shape index (κ2) is 3.30. The molecule has 0 radical (unpaired) electrons. The standard InChI is InChI=1S/C9H14N4/c1-7-4-12-9(5-11-7)13-3-2-8(10)6-13/h4-5,8H,2-3,6,10H2,1H3. The first-order valence-corrected chi connectivity index (χ1v) is 4.55. The summed E-state index contributed by atoms with van der Waals surface area (Å²) in [5, 5.41) is 0. The van der Waals surface area contributed by atoms with E-state index in [0.29, 0.717) is 6.04 Å². The second-order valence-electron chi connectivity index (χ2n) is 3.51. The van der Waals surface area contributed by atoms with E-state index in [1.165, 1.54) is 0 Å². The number of nitrogens with two attached hydrogens (primary N) is 1. The topological polar surface area (TPSA) is 55.0 Å². The Kier molecular flexibility index (Phi) is 2.14. The van der Waals surface area contributed by atoms with E-state index in [1.54, 1.807) is 6.20 Å². The van der Waals surface area contributed by atoms with Crippen LogP contribution < -0.4 is 10.6 Å². The van der Waals surface area contributed by atoms with Crippen LogP contribution in [0.15, 0.2) is 12.4 Å². The highest BCUT2D eigenvalue weighted by molar-refractivity contribution is 5.37. The predicted molar refractivity (Wildman–Crippen MR) is 51.6 cm³/mol. The quantitative estimate of drug-likeness (QED) is 0.673. The Hall–Kier alpha value is -1.16. The highest BCUT2D eigenvalue weighted by Gasteiger charge is 2.19.